The Kier molecular flexibility index (Phi) is 5.64. The van der Waals surface area contributed by atoms with Crippen LogP contribution in [0.4, 0.5) is 5.69 Å². The summed E-state index contributed by atoms with van der Waals surface area (Å²) in [6.45, 7) is 5.36. The summed E-state index contributed by atoms with van der Waals surface area (Å²) in [5, 5.41) is 6.26. The molecule has 3 aromatic rings. The van der Waals surface area contributed by atoms with Crippen LogP contribution in [0.3, 0.4) is 0 Å². The summed E-state index contributed by atoms with van der Waals surface area (Å²) >= 11 is 0. The van der Waals surface area contributed by atoms with Crippen LogP contribution in [-0.2, 0) is 13.1 Å². The minimum atomic E-state index is -0.168. The quantitative estimate of drug-likeness (QED) is 0.702. The first kappa shape index (κ1) is 17.7. The number of hydrogen-bond donors (Lipinski definition) is 2. The van der Waals surface area contributed by atoms with E-state index >= 15 is 0 Å². The number of aromatic nitrogens is 1. The minimum Gasteiger partial charge on any atom is -0.380 e. The zero-order valence-electron chi connectivity index (χ0n) is 15.1. The average molecular weight is 345 g/mol. The number of carbonyl (C=O) groups excluding carboxylic acids is 1. The third kappa shape index (κ3) is 4.48. The number of carbonyl (C=O) groups is 1. The second kappa shape index (κ2) is 8.30. The number of pyridine rings is 1. The Morgan fingerprint density at radius 1 is 0.846 bits per heavy atom. The van der Waals surface area contributed by atoms with Crippen molar-refractivity contribution in [2.45, 2.75) is 26.9 Å². The summed E-state index contributed by atoms with van der Waals surface area (Å²) < 4.78 is 0. The van der Waals surface area contributed by atoms with Crippen molar-refractivity contribution in [3.8, 4) is 0 Å². The molecule has 0 radical (unpaired) electrons. The third-order valence-electron chi connectivity index (χ3n) is 4.44. The maximum Gasteiger partial charge on any atom is 0.270 e. The van der Waals surface area contributed by atoms with Gasteiger partial charge in [-0.05, 0) is 48.2 Å². The molecule has 0 saturated carbocycles. The van der Waals surface area contributed by atoms with Crippen LogP contribution in [0.1, 0.15) is 32.7 Å². The van der Waals surface area contributed by atoms with E-state index < -0.39 is 0 Å². The molecule has 0 aliphatic carbocycles. The molecule has 0 unspecified atom stereocenters. The lowest BCUT2D eigenvalue weighted by Gasteiger charge is -2.10. The Morgan fingerprint density at radius 3 is 2.04 bits per heavy atom. The third-order valence-corrected chi connectivity index (χ3v) is 4.44. The van der Waals surface area contributed by atoms with Crippen LogP contribution in [0.2, 0.25) is 0 Å². The highest BCUT2D eigenvalue weighted by Crippen LogP contribution is 2.12. The largest absolute Gasteiger partial charge is 0.380 e. The maximum absolute atomic E-state index is 12.3. The molecule has 2 aromatic carbocycles. The number of amides is 1. The summed E-state index contributed by atoms with van der Waals surface area (Å²) in [6.07, 6.45) is 1.70. The minimum absolute atomic E-state index is 0.168. The van der Waals surface area contributed by atoms with Crippen molar-refractivity contribution in [1.29, 1.82) is 0 Å². The molecule has 1 heterocycles. The topological polar surface area (TPSA) is 54.0 Å². The van der Waals surface area contributed by atoms with Gasteiger partial charge < -0.3 is 10.6 Å². The van der Waals surface area contributed by atoms with Crippen LogP contribution in [0, 0.1) is 13.8 Å². The van der Waals surface area contributed by atoms with Gasteiger partial charge in [0.1, 0.15) is 5.69 Å². The number of benzene rings is 2. The second-order valence-corrected chi connectivity index (χ2v) is 6.32. The Bertz CT molecular complexity index is 888. The smallest absolute Gasteiger partial charge is 0.270 e. The van der Waals surface area contributed by atoms with E-state index in [0.29, 0.717) is 12.2 Å². The van der Waals surface area contributed by atoms with Crippen LogP contribution in [0.15, 0.2) is 66.9 Å². The Balaban J connectivity index is 1.56. The van der Waals surface area contributed by atoms with Gasteiger partial charge in [-0.2, -0.15) is 0 Å². The van der Waals surface area contributed by atoms with E-state index in [9.17, 15) is 4.79 Å². The predicted octanol–water partition coefficient (Wildman–Crippen LogP) is 4.24. The molecule has 4 nitrogen and oxygen atoms in total. The lowest BCUT2D eigenvalue weighted by molar-refractivity contribution is 0.0946. The number of hydrogen-bond acceptors (Lipinski definition) is 3. The van der Waals surface area contributed by atoms with Crippen molar-refractivity contribution >= 4 is 11.6 Å². The summed E-state index contributed by atoms with van der Waals surface area (Å²) in [4.78, 5) is 16.5. The maximum atomic E-state index is 12.3. The summed E-state index contributed by atoms with van der Waals surface area (Å²) in [7, 11) is 0. The molecule has 0 spiro atoms. The molecule has 0 atom stereocenters. The molecule has 3 rings (SSSR count). The van der Waals surface area contributed by atoms with E-state index in [2.05, 4.69) is 34.7 Å². The van der Waals surface area contributed by atoms with Gasteiger partial charge in [0.2, 0.25) is 0 Å². The number of nitrogens with one attached hydrogen (secondary N) is 2. The van der Waals surface area contributed by atoms with Gasteiger partial charge >= 0.3 is 0 Å². The monoisotopic (exact) mass is 345 g/mol. The summed E-state index contributed by atoms with van der Waals surface area (Å²) in [6, 6.07) is 19.9. The first-order chi connectivity index (χ1) is 12.6. The van der Waals surface area contributed by atoms with Crippen LogP contribution in [0.5, 0.6) is 0 Å². The fourth-order valence-corrected chi connectivity index (χ4v) is 2.71. The molecule has 0 fully saturated rings. The van der Waals surface area contributed by atoms with Gasteiger partial charge in [0.05, 0.1) is 11.9 Å². The molecule has 0 aliphatic rings. The van der Waals surface area contributed by atoms with Gasteiger partial charge in [-0.1, -0.05) is 48.5 Å². The number of aryl methyl sites for hydroxylation is 2. The van der Waals surface area contributed by atoms with E-state index in [1.54, 1.807) is 12.3 Å². The van der Waals surface area contributed by atoms with Gasteiger partial charge in [-0.3, -0.25) is 4.79 Å². The van der Waals surface area contributed by atoms with E-state index in [4.69, 9.17) is 0 Å². The fraction of sp³-hybridized carbons (Fsp3) is 0.182. The van der Waals surface area contributed by atoms with Gasteiger partial charge in [0.25, 0.3) is 5.91 Å². The van der Waals surface area contributed by atoms with Crippen LogP contribution >= 0.6 is 0 Å². The highest BCUT2D eigenvalue weighted by Gasteiger charge is 2.08. The summed E-state index contributed by atoms with van der Waals surface area (Å²) in [5.41, 5.74) is 6.07. The second-order valence-electron chi connectivity index (χ2n) is 6.32. The number of rotatable bonds is 6. The molecule has 0 bridgehead atoms. The molecule has 132 valence electrons. The van der Waals surface area contributed by atoms with Crippen LogP contribution < -0.4 is 10.6 Å². The Morgan fingerprint density at radius 2 is 1.46 bits per heavy atom. The van der Waals surface area contributed by atoms with E-state index in [0.717, 1.165) is 23.4 Å². The van der Waals surface area contributed by atoms with Gasteiger partial charge in [0, 0.05) is 13.1 Å². The van der Waals surface area contributed by atoms with E-state index in [1.165, 1.54) is 11.1 Å². The highest BCUT2D eigenvalue weighted by atomic mass is 16.1. The van der Waals surface area contributed by atoms with Gasteiger partial charge in [-0.25, -0.2) is 4.98 Å². The normalized spacial score (nSPS) is 10.4. The molecule has 1 amide bonds. The standard InChI is InChI=1S/C22H23N3O/c1-16-7-3-5-9-18(16)13-23-20-11-12-21(24-15-20)22(26)25-14-19-10-6-4-8-17(19)2/h3-12,15,23H,13-14H2,1-2H3,(H,25,26). The molecular formula is C22H23N3O. The van der Waals surface area contributed by atoms with E-state index in [1.807, 2.05) is 49.4 Å². The molecule has 0 aliphatic heterocycles. The molecule has 1 aromatic heterocycles. The van der Waals surface area contributed by atoms with Gasteiger partial charge in [-0.15, -0.1) is 0 Å². The first-order valence-corrected chi connectivity index (χ1v) is 8.70. The Labute approximate surface area is 154 Å². The van der Waals surface area contributed by atoms with Crippen LogP contribution in [-0.4, -0.2) is 10.9 Å². The molecule has 26 heavy (non-hydrogen) atoms. The van der Waals surface area contributed by atoms with Crippen molar-refractivity contribution < 1.29 is 4.79 Å². The van der Waals surface area contributed by atoms with E-state index in [-0.39, 0.29) is 5.91 Å². The van der Waals surface area contributed by atoms with Crippen molar-refractivity contribution in [3.05, 3.63) is 94.8 Å². The SMILES string of the molecule is Cc1ccccc1CNC(=O)c1ccc(NCc2ccccc2C)cn1. The van der Waals surface area contributed by atoms with Crippen molar-refractivity contribution in [2.75, 3.05) is 5.32 Å². The van der Waals surface area contributed by atoms with Crippen molar-refractivity contribution in [3.63, 3.8) is 0 Å². The molecule has 2 N–H and O–H groups in total. The first-order valence-electron chi connectivity index (χ1n) is 8.70. The zero-order valence-corrected chi connectivity index (χ0v) is 15.1. The highest BCUT2D eigenvalue weighted by molar-refractivity contribution is 5.92. The van der Waals surface area contributed by atoms with Crippen molar-refractivity contribution in [2.24, 2.45) is 0 Å². The average Bonchev–Trinajstić information content (AvgIpc) is 2.67. The van der Waals surface area contributed by atoms with Crippen LogP contribution in [0.25, 0.3) is 0 Å². The van der Waals surface area contributed by atoms with Crippen molar-refractivity contribution in [1.82, 2.24) is 10.3 Å². The fourth-order valence-electron chi connectivity index (χ4n) is 2.71. The molecule has 4 heteroatoms. The number of anilines is 1. The van der Waals surface area contributed by atoms with Gasteiger partial charge in [0.15, 0.2) is 0 Å². The lowest BCUT2D eigenvalue weighted by Crippen LogP contribution is -2.24. The lowest BCUT2D eigenvalue weighted by atomic mass is 10.1. The predicted molar refractivity (Wildman–Crippen MR) is 105 cm³/mol. The number of nitrogens with zero attached hydrogens (tertiary/aromatic N) is 1. The summed E-state index contributed by atoms with van der Waals surface area (Å²) in [5.74, 6) is -0.168. The molecular weight excluding hydrogens is 322 g/mol. The zero-order chi connectivity index (χ0) is 18.4. The Hall–Kier alpha value is -3.14. The molecule has 0 saturated heterocycles.